The van der Waals surface area contributed by atoms with Crippen molar-refractivity contribution in [3.8, 4) is 22.8 Å². The van der Waals surface area contributed by atoms with Crippen LogP contribution in [0.4, 0.5) is 0 Å². The Balaban J connectivity index is 1.74. The molecule has 1 amide bonds. The minimum atomic E-state index is -0.343. The summed E-state index contributed by atoms with van der Waals surface area (Å²) in [4.78, 5) is 15.3. The molecule has 2 N–H and O–H groups in total. The Morgan fingerprint density at radius 2 is 1.97 bits per heavy atom. The highest BCUT2D eigenvalue weighted by Gasteiger charge is 2.42. The van der Waals surface area contributed by atoms with E-state index in [4.69, 9.17) is 9.47 Å². The first-order chi connectivity index (χ1) is 16.0. The molecule has 4 rings (SSSR count). The molecule has 1 atom stereocenters. The molecule has 0 saturated carbocycles. The molecule has 0 saturated heterocycles. The zero-order valence-corrected chi connectivity index (χ0v) is 19.4. The van der Waals surface area contributed by atoms with Gasteiger partial charge in [0, 0.05) is 24.3 Å². The maximum absolute atomic E-state index is 13.4. The summed E-state index contributed by atoms with van der Waals surface area (Å²) < 4.78 is 11.6. The zero-order valence-electron chi connectivity index (χ0n) is 19.4. The summed E-state index contributed by atoms with van der Waals surface area (Å²) in [6.45, 7) is 7.81. The van der Waals surface area contributed by atoms with E-state index in [1.807, 2.05) is 55.1 Å². The number of phenolic OH excluding ortho intramolecular Hbond substituents is 1. The highest BCUT2D eigenvalue weighted by atomic mass is 16.5. The van der Waals surface area contributed by atoms with E-state index in [0.717, 1.165) is 29.7 Å². The first-order valence-corrected chi connectivity index (χ1v) is 11.5. The lowest BCUT2D eigenvalue weighted by molar-refractivity contribution is 0.0601. The van der Waals surface area contributed by atoms with E-state index in [1.54, 1.807) is 12.1 Å². The van der Waals surface area contributed by atoms with Gasteiger partial charge in [-0.25, -0.2) is 0 Å². The van der Waals surface area contributed by atoms with Crippen LogP contribution < -0.4 is 4.74 Å². The lowest BCUT2D eigenvalue weighted by Gasteiger charge is -2.27. The van der Waals surface area contributed by atoms with Crippen molar-refractivity contribution in [3.05, 3.63) is 65.4 Å². The average Bonchev–Trinajstić information content (AvgIpc) is 3.34. The molecule has 2 heterocycles. The smallest absolute Gasteiger partial charge is 0.273 e. The Hall–Kier alpha value is -3.32. The zero-order chi connectivity index (χ0) is 23.4. The Labute approximate surface area is 194 Å². The van der Waals surface area contributed by atoms with Crippen molar-refractivity contribution in [1.82, 2.24) is 15.1 Å². The van der Waals surface area contributed by atoms with E-state index >= 15 is 0 Å². The quantitative estimate of drug-likeness (QED) is 0.429. The van der Waals surface area contributed by atoms with Gasteiger partial charge >= 0.3 is 0 Å². The number of hydrogen-bond acceptors (Lipinski definition) is 5. The molecule has 2 aromatic carbocycles. The molecule has 0 spiro atoms. The fourth-order valence-corrected chi connectivity index (χ4v) is 4.20. The fraction of sp³-hybridized carbons (Fsp3) is 0.385. The number of hydrogen-bond donors (Lipinski definition) is 2. The van der Waals surface area contributed by atoms with Crippen molar-refractivity contribution < 1.29 is 19.4 Å². The van der Waals surface area contributed by atoms with Gasteiger partial charge in [0.15, 0.2) is 0 Å². The second kappa shape index (κ2) is 10.1. The van der Waals surface area contributed by atoms with Gasteiger partial charge in [-0.15, -0.1) is 0 Å². The normalized spacial score (nSPS) is 15.3. The van der Waals surface area contributed by atoms with Crippen molar-refractivity contribution in [3.63, 3.8) is 0 Å². The number of phenols is 1. The van der Waals surface area contributed by atoms with E-state index in [0.29, 0.717) is 36.7 Å². The molecule has 1 aromatic heterocycles. The summed E-state index contributed by atoms with van der Waals surface area (Å²) in [5, 5.41) is 17.8. The SMILES string of the molecule is CCCOc1cccc(C2c3c(-c4ccccc4O)n[nH]c3C(=O)N2CCCOC(C)C)c1. The van der Waals surface area contributed by atoms with Gasteiger partial charge < -0.3 is 19.5 Å². The predicted octanol–water partition coefficient (Wildman–Crippen LogP) is 4.93. The van der Waals surface area contributed by atoms with Crippen molar-refractivity contribution >= 4 is 5.91 Å². The summed E-state index contributed by atoms with van der Waals surface area (Å²) in [7, 11) is 0. The van der Waals surface area contributed by atoms with Crippen molar-refractivity contribution in [1.29, 1.82) is 0 Å². The standard InChI is InChI=1S/C26H31N3O4/c1-4-14-33-19-10-7-9-18(16-19)25-22-23(20-11-5-6-12-21(20)30)27-28-24(22)26(31)29(25)13-8-15-32-17(2)3/h5-7,9-12,16-17,25,30H,4,8,13-15H2,1-3H3,(H,27,28). The number of ether oxygens (including phenoxy) is 2. The average molecular weight is 450 g/mol. The number of carbonyl (C=O) groups excluding carboxylic acids is 1. The van der Waals surface area contributed by atoms with Crippen LogP contribution in [0.2, 0.25) is 0 Å². The molecule has 3 aromatic rings. The largest absolute Gasteiger partial charge is 0.507 e. The number of fused-ring (bicyclic) bond motifs is 1. The van der Waals surface area contributed by atoms with Gasteiger partial charge in [0.1, 0.15) is 22.9 Å². The monoisotopic (exact) mass is 449 g/mol. The van der Waals surface area contributed by atoms with Crippen LogP contribution >= 0.6 is 0 Å². The molecule has 0 aliphatic carbocycles. The molecule has 174 valence electrons. The number of amides is 1. The van der Waals surface area contributed by atoms with E-state index in [-0.39, 0.29) is 23.8 Å². The van der Waals surface area contributed by atoms with Gasteiger partial charge in [0.25, 0.3) is 5.91 Å². The molecule has 1 aliphatic heterocycles. The minimum Gasteiger partial charge on any atom is -0.507 e. The van der Waals surface area contributed by atoms with Crippen LogP contribution in [0.5, 0.6) is 11.5 Å². The lowest BCUT2D eigenvalue weighted by Crippen LogP contribution is -2.31. The minimum absolute atomic E-state index is 0.103. The summed E-state index contributed by atoms with van der Waals surface area (Å²) in [5.74, 6) is 0.793. The molecule has 7 nitrogen and oxygen atoms in total. The van der Waals surface area contributed by atoms with Crippen molar-refractivity contribution in [2.75, 3.05) is 19.8 Å². The number of aromatic nitrogens is 2. The first kappa shape index (κ1) is 22.9. The number of benzene rings is 2. The van der Waals surface area contributed by atoms with Gasteiger partial charge in [-0.1, -0.05) is 31.2 Å². The number of aromatic amines is 1. The number of nitrogens with one attached hydrogen (secondary N) is 1. The molecule has 0 bridgehead atoms. The van der Waals surface area contributed by atoms with E-state index < -0.39 is 0 Å². The van der Waals surface area contributed by atoms with Gasteiger partial charge in [-0.2, -0.15) is 5.10 Å². The molecular formula is C26H31N3O4. The molecule has 7 heteroatoms. The van der Waals surface area contributed by atoms with Crippen LogP contribution in [0.1, 0.15) is 61.3 Å². The van der Waals surface area contributed by atoms with Crippen LogP contribution in [-0.4, -0.2) is 52.0 Å². The van der Waals surface area contributed by atoms with Gasteiger partial charge in [0.2, 0.25) is 0 Å². The topological polar surface area (TPSA) is 87.7 Å². The van der Waals surface area contributed by atoms with Crippen LogP contribution in [0.15, 0.2) is 48.5 Å². The van der Waals surface area contributed by atoms with E-state index in [1.165, 1.54) is 0 Å². The summed E-state index contributed by atoms with van der Waals surface area (Å²) in [6, 6.07) is 14.6. The van der Waals surface area contributed by atoms with Crippen LogP contribution in [0.3, 0.4) is 0 Å². The molecule has 0 fully saturated rings. The number of rotatable bonds is 10. The number of para-hydroxylation sites is 1. The van der Waals surface area contributed by atoms with Crippen LogP contribution in [-0.2, 0) is 4.74 Å². The predicted molar refractivity (Wildman–Crippen MR) is 127 cm³/mol. The number of aromatic hydroxyl groups is 1. The summed E-state index contributed by atoms with van der Waals surface area (Å²) in [5.41, 5.74) is 3.36. The van der Waals surface area contributed by atoms with Gasteiger partial charge in [-0.05, 0) is 56.5 Å². The lowest BCUT2D eigenvalue weighted by atomic mass is 9.95. The molecular weight excluding hydrogens is 418 g/mol. The van der Waals surface area contributed by atoms with Gasteiger partial charge in [0.05, 0.1) is 18.8 Å². The maximum atomic E-state index is 13.4. The number of carbonyl (C=O) groups is 1. The Bertz CT molecular complexity index is 1110. The van der Waals surface area contributed by atoms with Crippen LogP contribution in [0, 0.1) is 0 Å². The second-order valence-electron chi connectivity index (χ2n) is 8.47. The van der Waals surface area contributed by atoms with Crippen molar-refractivity contribution in [2.24, 2.45) is 0 Å². The molecule has 1 aliphatic rings. The molecule has 33 heavy (non-hydrogen) atoms. The molecule has 0 radical (unpaired) electrons. The first-order valence-electron chi connectivity index (χ1n) is 11.5. The molecule has 1 unspecified atom stereocenters. The summed E-state index contributed by atoms with van der Waals surface area (Å²) >= 11 is 0. The second-order valence-corrected chi connectivity index (χ2v) is 8.47. The third kappa shape index (κ3) is 4.73. The third-order valence-electron chi connectivity index (χ3n) is 5.66. The van der Waals surface area contributed by atoms with Crippen molar-refractivity contribution in [2.45, 2.75) is 45.8 Å². The van der Waals surface area contributed by atoms with E-state index in [2.05, 4.69) is 17.1 Å². The Morgan fingerprint density at radius 1 is 1.15 bits per heavy atom. The number of nitrogens with zero attached hydrogens (tertiary/aromatic N) is 2. The Kier molecular flexibility index (Phi) is 6.99. The fourth-order valence-electron chi connectivity index (χ4n) is 4.20. The van der Waals surface area contributed by atoms with Crippen LogP contribution in [0.25, 0.3) is 11.3 Å². The van der Waals surface area contributed by atoms with E-state index in [9.17, 15) is 9.90 Å². The highest BCUT2D eigenvalue weighted by molar-refractivity contribution is 6.00. The highest BCUT2D eigenvalue weighted by Crippen LogP contribution is 2.44. The summed E-state index contributed by atoms with van der Waals surface area (Å²) in [6.07, 6.45) is 1.78. The Morgan fingerprint density at radius 3 is 2.73 bits per heavy atom. The number of H-pyrrole nitrogens is 1. The third-order valence-corrected chi connectivity index (χ3v) is 5.66. The van der Waals surface area contributed by atoms with Gasteiger partial charge in [-0.3, -0.25) is 9.89 Å². The maximum Gasteiger partial charge on any atom is 0.273 e.